The van der Waals surface area contributed by atoms with E-state index in [1.807, 2.05) is 6.07 Å². The monoisotopic (exact) mass is 284 g/mol. The van der Waals surface area contributed by atoms with Gasteiger partial charge in [-0.2, -0.15) is 0 Å². The summed E-state index contributed by atoms with van der Waals surface area (Å²) < 4.78 is 27.2. The van der Waals surface area contributed by atoms with E-state index in [1.54, 1.807) is 19.1 Å². The number of rotatable bonds is 5. The molecule has 0 unspecified atom stereocenters. The Kier molecular flexibility index (Phi) is 5.12. The van der Waals surface area contributed by atoms with Crippen LogP contribution in [0.2, 0.25) is 0 Å². The molecular weight excluding hydrogens is 260 g/mol. The van der Waals surface area contributed by atoms with E-state index in [-0.39, 0.29) is 5.41 Å². The van der Waals surface area contributed by atoms with Crippen LogP contribution in [0.4, 0.5) is 0 Å². The fraction of sp³-hybridized carbons (Fsp3) is 0.571. The molecule has 0 aromatic heterocycles. The maximum Gasteiger partial charge on any atom is 0.240 e. The minimum atomic E-state index is -3.45. The van der Waals surface area contributed by atoms with E-state index in [2.05, 4.69) is 25.5 Å². The second-order valence-corrected chi connectivity index (χ2v) is 7.69. The molecule has 108 valence electrons. The molecule has 0 fully saturated rings. The highest BCUT2D eigenvalue weighted by Gasteiger charge is 2.19. The predicted molar refractivity (Wildman–Crippen MR) is 78.3 cm³/mol. The quantitative estimate of drug-likeness (QED) is 0.870. The molecular formula is C14H24N2O2S. The van der Waals surface area contributed by atoms with Crippen molar-refractivity contribution in [2.75, 3.05) is 6.54 Å². The van der Waals surface area contributed by atoms with Gasteiger partial charge in [-0.25, -0.2) is 13.1 Å². The summed E-state index contributed by atoms with van der Waals surface area (Å²) in [5.41, 5.74) is 7.30. The SMILES string of the molecule is Cc1c(CN)cccc1S(=O)(=O)NCCC(C)(C)C. The summed E-state index contributed by atoms with van der Waals surface area (Å²) in [5, 5.41) is 0. The maximum absolute atomic E-state index is 12.3. The van der Waals surface area contributed by atoms with Crippen LogP contribution in [-0.4, -0.2) is 15.0 Å². The Morgan fingerprint density at radius 1 is 1.26 bits per heavy atom. The van der Waals surface area contributed by atoms with Gasteiger partial charge in [0.15, 0.2) is 0 Å². The molecule has 1 aromatic rings. The first kappa shape index (κ1) is 16.1. The fourth-order valence-electron chi connectivity index (χ4n) is 1.81. The zero-order valence-corrected chi connectivity index (χ0v) is 13.0. The van der Waals surface area contributed by atoms with Crippen LogP contribution in [0.25, 0.3) is 0 Å². The number of benzene rings is 1. The van der Waals surface area contributed by atoms with Crippen molar-refractivity contribution in [3.8, 4) is 0 Å². The third kappa shape index (κ3) is 4.60. The van der Waals surface area contributed by atoms with Gasteiger partial charge in [0, 0.05) is 13.1 Å². The lowest BCUT2D eigenvalue weighted by Crippen LogP contribution is -2.28. The molecule has 0 saturated carbocycles. The van der Waals surface area contributed by atoms with Crippen LogP contribution in [-0.2, 0) is 16.6 Å². The highest BCUT2D eigenvalue weighted by atomic mass is 32.2. The fourth-order valence-corrected chi connectivity index (χ4v) is 3.13. The standard InChI is InChI=1S/C14H24N2O2S/c1-11-12(10-15)6-5-7-13(11)19(17,18)16-9-8-14(2,3)4/h5-7,16H,8-10,15H2,1-4H3. The Bertz CT molecular complexity index is 531. The van der Waals surface area contributed by atoms with E-state index < -0.39 is 10.0 Å². The van der Waals surface area contributed by atoms with Crippen molar-refractivity contribution in [1.82, 2.24) is 4.72 Å². The zero-order chi connectivity index (χ0) is 14.7. The topological polar surface area (TPSA) is 72.2 Å². The van der Waals surface area contributed by atoms with Gasteiger partial charge in [0.2, 0.25) is 10.0 Å². The first-order valence-corrected chi connectivity index (χ1v) is 7.94. The molecule has 3 N–H and O–H groups in total. The predicted octanol–water partition coefficient (Wildman–Crippen LogP) is 2.17. The van der Waals surface area contributed by atoms with E-state index in [0.29, 0.717) is 18.0 Å². The number of nitrogens with one attached hydrogen (secondary N) is 1. The normalized spacial score (nSPS) is 12.7. The van der Waals surface area contributed by atoms with Crippen LogP contribution in [0.15, 0.2) is 23.1 Å². The summed E-state index contributed by atoms with van der Waals surface area (Å²) in [5.74, 6) is 0. The molecule has 4 nitrogen and oxygen atoms in total. The minimum absolute atomic E-state index is 0.108. The lowest BCUT2D eigenvalue weighted by atomic mass is 9.93. The summed E-state index contributed by atoms with van der Waals surface area (Å²) in [6, 6.07) is 5.20. The molecule has 0 spiro atoms. The summed E-state index contributed by atoms with van der Waals surface area (Å²) in [6.07, 6.45) is 0.794. The number of sulfonamides is 1. The summed E-state index contributed by atoms with van der Waals surface area (Å²) in [4.78, 5) is 0.323. The van der Waals surface area contributed by atoms with E-state index >= 15 is 0 Å². The highest BCUT2D eigenvalue weighted by molar-refractivity contribution is 7.89. The van der Waals surface area contributed by atoms with Gasteiger partial charge < -0.3 is 5.73 Å². The molecule has 0 atom stereocenters. The molecule has 0 saturated heterocycles. The first-order valence-electron chi connectivity index (χ1n) is 6.45. The van der Waals surface area contributed by atoms with E-state index in [9.17, 15) is 8.42 Å². The van der Waals surface area contributed by atoms with Gasteiger partial charge in [-0.15, -0.1) is 0 Å². The van der Waals surface area contributed by atoms with Gasteiger partial charge in [0.25, 0.3) is 0 Å². The molecule has 19 heavy (non-hydrogen) atoms. The Morgan fingerprint density at radius 3 is 2.42 bits per heavy atom. The van der Waals surface area contributed by atoms with E-state index in [0.717, 1.165) is 17.5 Å². The Balaban J connectivity index is 2.89. The van der Waals surface area contributed by atoms with Crippen molar-refractivity contribution in [2.45, 2.75) is 45.6 Å². The molecule has 0 radical (unpaired) electrons. The van der Waals surface area contributed by atoms with Gasteiger partial charge in [-0.3, -0.25) is 0 Å². The van der Waals surface area contributed by atoms with Crippen molar-refractivity contribution in [1.29, 1.82) is 0 Å². The van der Waals surface area contributed by atoms with E-state index in [4.69, 9.17) is 5.73 Å². The molecule has 1 aromatic carbocycles. The van der Waals surface area contributed by atoms with Crippen molar-refractivity contribution >= 4 is 10.0 Å². The summed E-state index contributed by atoms with van der Waals surface area (Å²) in [6.45, 7) is 8.83. The van der Waals surface area contributed by atoms with Crippen LogP contribution < -0.4 is 10.5 Å². The molecule has 0 aliphatic rings. The summed E-state index contributed by atoms with van der Waals surface area (Å²) in [7, 11) is -3.45. The Labute approximate surface area is 116 Å². The largest absolute Gasteiger partial charge is 0.326 e. The maximum atomic E-state index is 12.3. The van der Waals surface area contributed by atoms with Crippen molar-refractivity contribution < 1.29 is 8.42 Å². The molecule has 0 heterocycles. The van der Waals surface area contributed by atoms with Crippen molar-refractivity contribution in [2.24, 2.45) is 11.1 Å². The van der Waals surface area contributed by atoms with E-state index in [1.165, 1.54) is 0 Å². The average Bonchev–Trinajstić information content (AvgIpc) is 2.27. The van der Waals surface area contributed by atoms with Crippen molar-refractivity contribution in [3.05, 3.63) is 29.3 Å². The number of hydrogen-bond acceptors (Lipinski definition) is 3. The number of nitrogens with two attached hydrogens (primary N) is 1. The lowest BCUT2D eigenvalue weighted by Gasteiger charge is -2.18. The molecule has 0 aliphatic heterocycles. The highest BCUT2D eigenvalue weighted by Crippen LogP contribution is 2.20. The molecule has 1 rings (SSSR count). The molecule has 0 bridgehead atoms. The van der Waals surface area contributed by atoms with Gasteiger partial charge >= 0.3 is 0 Å². The second-order valence-electron chi connectivity index (χ2n) is 5.95. The number of hydrogen-bond donors (Lipinski definition) is 2. The Morgan fingerprint density at radius 2 is 1.89 bits per heavy atom. The smallest absolute Gasteiger partial charge is 0.240 e. The van der Waals surface area contributed by atoms with Gasteiger partial charge in [-0.05, 0) is 36.0 Å². The van der Waals surface area contributed by atoms with Gasteiger partial charge in [0.1, 0.15) is 0 Å². The molecule has 0 amide bonds. The van der Waals surface area contributed by atoms with Crippen LogP contribution in [0.1, 0.15) is 38.3 Å². The van der Waals surface area contributed by atoms with Crippen LogP contribution in [0.5, 0.6) is 0 Å². The third-order valence-corrected chi connectivity index (χ3v) is 4.68. The second kappa shape index (κ2) is 6.03. The summed E-state index contributed by atoms with van der Waals surface area (Å²) >= 11 is 0. The molecule has 0 aliphatic carbocycles. The average molecular weight is 284 g/mol. The molecule has 5 heteroatoms. The lowest BCUT2D eigenvalue weighted by molar-refractivity contribution is 0.378. The minimum Gasteiger partial charge on any atom is -0.326 e. The van der Waals surface area contributed by atoms with Crippen LogP contribution in [0.3, 0.4) is 0 Å². The van der Waals surface area contributed by atoms with Crippen LogP contribution >= 0.6 is 0 Å². The van der Waals surface area contributed by atoms with Gasteiger partial charge in [0.05, 0.1) is 4.90 Å². The van der Waals surface area contributed by atoms with Gasteiger partial charge in [-0.1, -0.05) is 32.9 Å². The third-order valence-electron chi connectivity index (χ3n) is 3.07. The zero-order valence-electron chi connectivity index (χ0n) is 12.2. The first-order chi connectivity index (χ1) is 8.67. The van der Waals surface area contributed by atoms with Crippen molar-refractivity contribution in [3.63, 3.8) is 0 Å². The van der Waals surface area contributed by atoms with Crippen LogP contribution in [0, 0.1) is 12.3 Å². The Hall–Kier alpha value is -0.910.